The van der Waals surface area contributed by atoms with E-state index < -0.39 is 0 Å². The van der Waals surface area contributed by atoms with Gasteiger partial charge in [0.15, 0.2) is 0 Å². The van der Waals surface area contributed by atoms with Gasteiger partial charge in [-0.2, -0.15) is 0 Å². The second-order valence-corrected chi connectivity index (χ2v) is 5.83. The maximum atomic E-state index is 6.29. The van der Waals surface area contributed by atoms with Crippen molar-refractivity contribution in [3.8, 4) is 0 Å². The van der Waals surface area contributed by atoms with Crippen LogP contribution in [0.5, 0.6) is 0 Å². The Morgan fingerprint density at radius 3 is 2.38 bits per heavy atom. The Kier molecular flexibility index (Phi) is 4.16. The molecule has 4 heteroatoms. The number of aromatic nitrogens is 1. The normalized spacial score (nSPS) is 11.4. The van der Waals surface area contributed by atoms with Crippen molar-refractivity contribution in [2.45, 2.75) is 0 Å². The molecule has 0 aliphatic heterocycles. The van der Waals surface area contributed by atoms with Gasteiger partial charge in [0.2, 0.25) is 0 Å². The first-order chi connectivity index (χ1) is 10.1. The maximum Gasteiger partial charge on any atom is 0.0718 e. The average Bonchev–Trinajstić information content (AvgIpc) is 2.47. The van der Waals surface area contributed by atoms with Crippen LogP contribution in [0.3, 0.4) is 0 Å². The van der Waals surface area contributed by atoms with E-state index in [1.807, 2.05) is 54.6 Å². The SMILES string of the molecule is Clc1cnc2cc(Cl)c(C=Cc3ccccc3Cl)cc2c1. The summed E-state index contributed by atoms with van der Waals surface area (Å²) in [6, 6.07) is 13.3. The Labute approximate surface area is 137 Å². The molecule has 1 nitrogen and oxygen atoms in total. The van der Waals surface area contributed by atoms with Gasteiger partial charge < -0.3 is 0 Å². The van der Waals surface area contributed by atoms with Gasteiger partial charge >= 0.3 is 0 Å². The van der Waals surface area contributed by atoms with Crippen LogP contribution in [0.1, 0.15) is 11.1 Å². The Morgan fingerprint density at radius 2 is 1.57 bits per heavy atom. The van der Waals surface area contributed by atoms with Crippen LogP contribution < -0.4 is 0 Å². The summed E-state index contributed by atoms with van der Waals surface area (Å²) in [5.74, 6) is 0. The molecule has 0 N–H and O–H groups in total. The lowest BCUT2D eigenvalue weighted by Crippen LogP contribution is -1.82. The molecule has 1 heterocycles. The lowest BCUT2D eigenvalue weighted by atomic mass is 10.1. The molecule has 0 saturated carbocycles. The van der Waals surface area contributed by atoms with Crippen LogP contribution in [0.2, 0.25) is 15.1 Å². The third-order valence-electron chi connectivity index (χ3n) is 3.11. The van der Waals surface area contributed by atoms with Crippen molar-refractivity contribution in [3.63, 3.8) is 0 Å². The van der Waals surface area contributed by atoms with Gasteiger partial charge in [-0.25, -0.2) is 0 Å². The van der Waals surface area contributed by atoms with Gasteiger partial charge in [-0.15, -0.1) is 0 Å². The fourth-order valence-corrected chi connectivity index (χ4v) is 2.65. The van der Waals surface area contributed by atoms with E-state index in [4.69, 9.17) is 34.8 Å². The Bertz CT molecular complexity index is 841. The molecule has 1 aromatic heterocycles. The molecule has 0 fully saturated rings. The van der Waals surface area contributed by atoms with Crippen molar-refractivity contribution < 1.29 is 0 Å². The minimum atomic E-state index is 0.603. The molecule has 21 heavy (non-hydrogen) atoms. The third kappa shape index (κ3) is 3.21. The van der Waals surface area contributed by atoms with Crippen LogP contribution in [-0.2, 0) is 0 Å². The van der Waals surface area contributed by atoms with Crippen molar-refractivity contribution in [2.24, 2.45) is 0 Å². The number of pyridine rings is 1. The van der Waals surface area contributed by atoms with E-state index >= 15 is 0 Å². The summed E-state index contributed by atoms with van der Waals surface area (Å²) >= 11 is 18.4. The van der Waals surface area contributed by atoms with Gasteiger partial charge in [0, 0.05) is 21.6 Å². The molecule has 0 saturated heterocycles. The molecular formula is C17H10Cl3N. The predicted octanol–water partition coefficient (Wildman–Crippen LogP) is 6.37. The average molecular weight is 335 g/mol. The zero-order chi connectivity index (χ0) is 14.8. The summed E-state index contributed by atoms with van der Waals surface area (Å²) in [4.78, 5) is 4.25. The number of hydrogen-bond acceptors (Lipinski definition) is 1. The Balaban J connectivity index is 2.04. The highest BCUT2D eigenvalue weighted by Gasteiger charge is 2.03. The molecule has 3 aromatic rings. The first kappa shape index (κ1) is 14.4. The molecule has 0 aliphatic carbocycles. The molecule has 0 spiro atoms. The van der Waals surface area contributed by atoms with Gasteiger partial charge in [0.05, 0.1) is 10.5 Å². The monoisotopic (exact) mass is 333 g/mol. The lowest BCUT2D eigenvalue weighted by molar-refractivity contribution is 1.41. The van der Waals surface area contributed by atoms with E-state index in [0.717, 1.165) is 22.0 Å². The second-order valence-electron chi connectivity index (χ2n) is 4.57. The summed E-state index contributed by atoms with van der Waals surface area (Å²) in [5, 5.41) is 2.90. The van der Waals surface area contributed by atoms with Crippen molar-refractivity contribution >= 4 is 57.9 Å². The van der Waals surface area contributed by atoms with Crippen LogP contribution in [0.25, 0.3) is 23.1 Å². The van der Waals surface area contributed by atoms with Crippen LogP contribution in [0.4, 0.5) is 0 Å². The zero-order valence-corrected chi connectivity index (χ0v) is 13.1. The van der Waals surface area contributed by atoms with Crippen molar-refractivity contribution in [2.75, 3.05) is 0 Å². The van der Waals surface area contributed by atoms with Crippen molar-refractivity contribution in [3.05, 3.63) is 74.9 Å². The Hall–Kier alpha value is -1.54. The number of rotatable bonds is 2. The molecule has 0 bridgehead atoms. The Morgan fingerprint density at radius 1 is 0.810 bits per heavy atom. The summed E-state index contributed by atoms with van der Waals surface area (Å²) in [7, 11) is 0. The minimum Gasteiger partial charge on any atom is -0.255 e. The first-order valence-electron chi connectivity index (χ1n) is 6.31. The van der Waals surface area contributed by atoms with E-state index in [9.17, 15) is 0 Å². The van der Waals surface area contributed by atoms with E-state index in [2.05, 4.69) is 4.98 Å². The smallest absolute Gasteiger partial charge is 0.0718 e. The maximum absolute atomic E-state index is 6.29. The molecule has 0 amide bonds. The molecule has 2 aromatic carbocycles. The summed E-state index contributed by atoms with van der Waals surface area (Å²) < 4.78 is 0. The molecule has 0 radical (unpaired) electrons. The second kappa shape index (κ2) is 6.07. The highest BCUT2D eigenvalue weighted by molar-refractivity contribution is 6.34. The topological polar surface area (TPSA) is 12.9 Å². The number of nitrogens with zero attached hydrogens (tertiary/aromatic N) is 1. The van der Waals surface area contributed by atoms with Crippen LogP contribution >= 0.6 is 34.8 Å². The van der Waals surface area contributed by atoms with Crippen LogP contribution in [0.15, 0.2) is 48.7 Å². The van der Waals surface area contributed by atoms with E-state index in [-0.39, 0.29) is 0 Å². The summed E-state index contributed by atoms with van der Waals surface area (Å²) in [6.07, 6.45) is 5.48. The zero-order valence-electron chi connectivity index (χ0n) is 10.9. The van der Waals surface area contributed by atoms with Crippen molar-refractivity contribution in [1.29, 1.82) is 0 Å². The molecule has 104 valence electrons. The first-order valence-corrected chi connectivity index (χ1v) is 7.44. The molecule has 0 unspecified atom stereocenters. The van der Waals surface area contributed by atoms with Gasteiger partial charge in [-0.3, -0.25) is 4.98 Å². The molecule has 0 aliphatic rings. The predicted molar refractivity (Wildman–Crippen MR) is 92.1 cm³/mol. The van der Waals surface area contributed by atoms with E-state index in [1.165, 1.54) is 0 Å². The largest absolute Gasteiger partial charge is 0.255 e. The molecule has 0 atom stereocenters. The number of benzene rings is 2. The molecular weight excluding hydrogens is 325 g/mol. The minimum absolute atomic E-state index is 0.603. The van der Waals surface area contributed by atoms with Gasteiger partial charge in [-0.1, -0.05) is 65.2 Å². The van der Waals surface area contributed by atoms with Crippen molar-refractivity contribution in [1.82, 2.24) is 4.98 Å². The fourth-order valence-electron chi connectivity index (χ4n) is 2.06. The third-order valence-corrected chi connectivity index (χ3v) is 3.99. The van der Waals surface area contributed by atoms with Crippen LogP contribution in [-0.4, -0.2) is 4.98 Å². The standard InChI is InChI=1S/C17H10Cl3N/c18-14-8-13-7-12(16(20)9-17(13)21-10-14)6-5-11-3-1-2-4-15(11)19/h1-10H. The lowest BCUT2D eigenvalue weighted by Gasteiger charge is -2.03. The van der Waals surface area contributed by atoms with Crippen LogP contribution in [0, 0.1) is 0 Å². The van der Waals surface area contributed by atoms with Gasteiger partial charge in [-0.05, 0) is 35.4 Å². The van der Waals surface area contributed by atoms with Gasteiger partial charge in [0.25, 0.3) is 0 Å². The number of fused-ring (bicyclic) bond motifs is 1. The number of halogens is 3. The molecule has 3 rings (SSSR count). The number of hydrogen-bond donors (Lipinski definition) is 0. The highest BCUT2D eigenvalue weighted by Crippen LogP contribution is 2.27. The fraction of sp³-hybridized carbons (Fsp3) is 0. The van der Waals surface area contributed by atoms with E-state index in [0.29, 0.717) is 15.1 Å². The quantitative estimate of drug-likeness (QED) is 0.496. The summed E-state index contributed by atoms with van der Waals surface area (Å²) in [6.45, 7) is 0. The van der Waals surface area contributed by atoms with Gasteiger partial charge in [0.1, 0.15) is 0 Å². The van der Waals surface area contributed by atoms with E-state index in [1.54, 1.807) is 6.20 Å². The highest BCUT2D eigenvalue weighted by atomic mass is 35.5. The summed E-state index contributed by atoms with van der Waals surface area (Å²) in [5.41, 5.74) is 2.66.